The lowest BCUT2D eigenvalue weighted by molar-refractivity contribution is 0.0690. The molecule has 1 rings (SSSR count). The lowest BCUT2D eigenvalue weighted by Crippen LogP contribution is -2.30. The number of aromatic nitrogens is 1. The molecule has 5 nitrogen and oxygen atoms in total. The van der Waals surface area contributed by atoms with E-state index in [0.29, 0.717) is 5.82 Å². The Morgan fingerprint density at radius 3 is 2.69 bits per heavy atom. The van der Waals surface area contributed by atoms with E-state index in [0.717, 1.165) is 0 Å². The van der Waals surface area contributed by atoms with Crippen LogP contribution in [-0.4, -0.2) is 33.8 Å². The van der Waals surface area contributed by atoms with Crippen LogP contribution in [0, 0.1) is 5.92 Å². The number of aromatic carboxylic acids is 1. The molecule has 1 aromatic rings. The van der Waals surface area contributed by atoms with Crippen LogP contribution in [0.25, 0.3) is 0 Å². The van der Waals surface area contributed by atoms with Crippen LogP contribution in [0.1, 0.15) is 24.3 Å². The van der Waals surface area contributed by atoms with Crippen molar-refractivity contribution < 1.29 is 15.0 Å². The average Bonchev–Trinajstić information content (AvgIpc) is 2.25. The maximum Gasteiger partial charge on any atom is 0.354 e. The number of hydrogen-bond donors (Lipinski definition) is 3. The van der Waals surface area contributed by atoms with Crippen molar-refractivity contribution in [2.75, 3.05) is 11.9 Å². The first kappa shape index (κ1) is 12.4. The number of aliphatic hydroxyl groups is 1. The molecular formula is C11H16N2O3. The molecule has 1 aromatic heterocycles. The molecule has 0 radical (unpaired) electrons. The second kappa shape index (κ2) is 5.46. The fraction of sp³-hybridized carbons (Fsp3) is 0.455. The van der Waals surface area contributed by atoms with Gasteiger partial charge in [-0.05, 0) is 18.1 Å². The molecule has 0 amide bonds. The van der Waals surface area contributed by atoms with Gasteiger partial charge in [-0.2, -0.15) is 0 Å². The van der Waals surface area contributed by atoms with Crippen LogP contribution in [0.4, 0.5) is 5.82 Å². The summed E-state index contributed by atoms with van der Waals surface area (Å²) in [6.45, 7) is 3.92. The van der Waals surface area contributed by atoms with Crippen LogP contribution in [0.5, 0.6) is 0 Å². The molecule has 1 heterocycles. The van der Waals surface area contributed by atoms with E-state index in [-0.39, 0.29) is 24.3 Å². The van der Waals surface area contributed by atoms with Gasteiger partial charge in [-0.15, -0.1) is 0 Å². The zero-order chi connectivity index (χ0) is 12.1. The third kappa shape index (κ3) is 3.20. The van der Waals surface area contributed by atoms with E-state index >= 15 is 0 Å². The quantitative estimate of drug-likeness (QED) is 0.700. The molecule has 3 N–H and O–H groups in total. The lowest BCUT2D eigenvalue weighted by Gasteiger charge is -2.20. The highest BCUT2D eigenvalue weighted by atomic mass is 16.4. The lowest BCUT2D eigenvalue weighted by atomic mass is 10.1. The van der Waals surface area contributed by atoms with Gasteiger partial charge in [0.05, 0.1) is 12.6 Å². The Morgan fingerprint density at radius 1 is 1.50 bits per heavy atom. The van der Waals surface area contributed by atoms with Crippen molar-refractivity contribution in [2.45, 2.75) is 19.9 Å². The van der Waals surface area contributed by atoms with Gasteiger partial charge in [-0.3, -0.25) is 0 Å². The van der Waals surface area contributed by atoms with Crippen molar-refractivity contribution in [1.29, 1.82) is 0 Å². The van der Waals surface area contributed by atoms with E-state index in [1.165, 1.54) is 6.07 Å². The van der Waals surface area contributed by atoms with E-state index in [4.69, 9.17) is 10.2 Å². The minimum Gasteiger partial charge on any atom is -0.477 e. The van der Waals surface area contributed by atoms with Gasteiger partial charge in [0.2, 0.25) is 0 Å². The molecule has 0 fully saturated rings. The topological polar surface area (TPSA) is 82.5 Å². The van der Waals surface area contributed by atoms with Crippen LogP contribution in [0.3, 0.4) is 0 Å². The first-order valence-corrected chi connectivity index (χ1v) is 5.12. The van der Waals surface area contributed by atoms with Crippen molar-refractivity contribution in [3.8, 4) is 0 Å². The number of aliphatic hydroxyl groups excluding tert-OH is 1. The molecule has 0 spiro atoms. The Kier molecular flexibility index (Phi) is 4.25. The standard InChI is InChI=1S/C11H16N2O3/c1-7(2)9(6-14)13-10-5-3-4-8(12-10)11(15)16/h3-5,7,9,14H,6H2,1-2H3,(H,12,13)(H,15,16). The Morgan fingerprint density at radius 2 is 2.19 bits per heavy atom. The van der Waals surface area contributed by atoms with Crippen molar-refractivity contribution in [3.05, 3.63) is 23.9 Å². The molecule has 1 atom stereocenters. The summed E-state index contributed by atoms with van der Waals surface area (Å²) in [5, 5.41) is 20.9. The summed E-state index contributed by atoms with van der Waals surface area (Å²) in [7, 11) is 0. The van der Waals surface area contributed by atoms with Crippen molar-refractivity contribution in [1.82, 2.24) is 4.98 Å². The van der Waals surface area contributed by atoms with Crippen LogP contribution in [0.15, 0.2) is 18.2 Å². The van der Waals surface area contributed by atoms with Crippen molar-refractivity contribution in [2.24, 2.45) is 5.92 Å². The predicted molar refractivity (Wildman–Crippen MR) is 60.5 cm³/mol. The maximum atomic E-state index is 10.7. The number of carboxylic acid groups (broad SMARTS) is 1. The molecular weight excluding hydrogens is 208 g/mol. The van der Waals surface area contributed by atoms with Crippen molar-refractivity contribution in [3.63, 3.8) is 0 Å². The fourth-order valence-electron chi connectivity index (χ4n) is 1.25. The molecule has 0 saturated heterocycles. The van der Waals surface area contributed by atoms with Crippen LogP contribution >= 0.6 is 0 Å². The smallest absolute Gasteiger partial charge is 0.354 e. The highest BCUT2D eigenvalue weighted by Gasteiger charge is 2.13. The average molecular weight is 224 g/mol. The predicted octanol–water partition coefficient (Wildman–Crippen LogP) is 1.21. The minimum atomic E-state index is -1.06. The summed E-state index contributed by atoms with van der Waals surface area (Å²) in [6.07, 6.45) is 0. The molecule has 0 aliphatic heterocycles. The van der Waals surface area contributed by atoms with Gasteiger partial charge >= 0.3 is 5.97 Å². The maximum absolute atomic E-state index is 10.7. The zero-order valence-electron chi connectivity index (χ0n) is 9.34. The van der Waals surface area contributed by atoms with Crippen LogP contribution in [-0.2, 0) is 0 Å². The summed E-state index contributed by atoms with van der Waals surface area (Å²) in [6, 6.07) is 4.60. The van der Waals surface area contributed by atoms with Gasteiger partial charge in [-0.25, -0.2) is 9.78 Å². The molecule has 1 unspecified atom stereocenters. The van der Waals surface area contributed by atoms with Gasteiger partial charge in [-0.1, -0.05) is 19.9 Å². The highest BCUT2D eigenvalue weighted by Crippen LogP contribution is 2.10. The van der Waals surface area contributed by atoms with Gasteiger partial charge in [0.25, 0.3) is 0 Å². The number of carbonyl (C=O) groups is 1. The molecule has 5 heteroatoms. The molecule has 0 aromatic carbocycles. The Labute approximate surface area is 94.1 Å². The van der Waals surface area contributed by atoms with E-state index in [1.54, 1.807) is 12.1 Å². The van der Waals surface area contributed by atoms with E-state index < -0.39 is 5.97 Å². The Hall–Kier alpha value is -1.62. The van der Waals surface area contributed by atoms with E-state index in [1.807, 2.05) is 13.8 Å². The monoisotopic (exact) mass is 224 g/mol. The van der Waals surface area contributed by atoms with E-state index in [2.05, 4.69) is 10.3 Å². The largest absolute Gasteiger partial charge is 0.477 e. The molecule has 0 saturated carbocycles. The number of nitrogens with zero attached hydrogens (tertiary/aromatic N) is 1. The summed E-state index contributed by atoms with van der Waals surface area (Å²) in [5.74, 6) is -0.360. The Bertz CT molecular complexity index is 366. The zero-order valence-corrected chi connectivity index (χ0v) is 9.34. The van der Waals surface area contributed by atoms with Crippen LogP contribution in [0.2, 0.25) is 0 Å². The van der Waals surface area contributed by atoms with Crippen molar-refractivity contribution >= 4 is 11.8 Å². The third-order valence-electron chi connectivity index (χ3n) is 2.30. The fourth-order valence-corrected chi connectivity index (χ4v) is 1.25. The third-order valence-corrected chi connectivity index (χ3v) is 2.30. The molecule has 0 aliphatic rings. The number of hydrogen-bond acceptors (Lipinski definition) is 4. The second-order valence-corrected chi connectivity index (χ2v) is 3.89. The van der Waals surface area contributed by atoms with Gasteiger partial charge in [0, 0.05) is 0 Å². The normalized spacial score (nSPS) is 12.5. The SMILES string of the molecule is CC(C)C(CO)Nc1cccc(C(=O)O)n1. The van der Waals surface area contributed by atoms with E-state index in [9.17, 15) is 4.79 Å². The first-order chi connectivity index (χ1) is 7.54. The second-order valence-electron chi connectivity index (χ2n) is 3.89. The van der Waals surface area contributed by atoms with Gasteiger partial charge in [0.15, 0.2) is 5.69 Å². The molecule has 0 bridgehead atoms. The number of pyridine rings is 1. The number of carboxylic acids is 1. The summed E-state index contributed by atoms with van der Waals surface area (Å²) in [4.78, 5) is 14.6. The summed E-state index contributed by atoms with van der Waals surface area (Å²) in [5.41, 5.74) is -0.00885. The molecule has 0 aliphatic carbocycles. The first-order valence-electron chi connectivity index (χ1n) is 5.12. The number of nitrogens with one attached hydrogen (secondary N) is 1. The number of rotatable bonds is 5. The molecule has 16 heavy (non-hydrogen) atoms. The highest BCUT2D eigenvalue weighted by molar-refractivity contribution is 5.85. The van der Waals surface area contributed by atoms with Crippen LogP contribution < -0.4 is 5.32 Å². The van der Waals surface area contributed by atoms with Gasteiger partial charge < -0.3 is 15.5 Å². The van der Waals surface area contributed by atoms with Gasteiger partial charge in [0.1, 0.15) is 5.82 Å². The summed E-state index contributed by atoms with van der Waals surface area (Å²) >= 11 is 0. The molecule has 88 valence electrons. The number of anilines is 1. The Balaban J connectivity index is 2.80. The summed E-state index contributed by atoms with van der Waals surface area (Å²) < 4.78 is 0. The minimum absolute atomic E-state index is 0.00885.